The van der Waals surface area contributed by atoms with Gasteiger partial charge in [-0.15, -0.1) is 0 Å². The number of hydrogen-bond donors (Lipinski definition) is 2. The molecule has 3 aromatic carbocycles. The van der Waals surface area contributed by atoms with Crippen LogP contribution in [0.4, 0.5) is 4.39 Å². The van der Waals surface area contributed by atoms with E-state index in [1.165, 1.54) is 24.3 Å². The summed E-state index contributed by atoms with van der Waals surface area (Å²) in [5.41, 5.74) is 1.73. The third-order valence-electron chi connectivity index (χ3n) is 6.87. The molecule has 4 aromatic rings. The van der Waals surface area contributed by atoms with Crippen LogP contribution in [-0.2, 0) is 31.5 Å². The number of sulfonamides is 1. The molecule has 5 rings (SSSR count). The molecular formula is C29H29FN2O7S. The van der Waals surface area contributed by atoms with Gasteiger partial charge in [-0.05, 0) is 42.0 Å². The van der Waals surface area contributed by atoms with Crippen molar-refractivity contribution in [3.63, 3.8) is 0 Å². The number of halogens is 1. The molecule has 0 radical (unpaired) electrons. The highest BCUT2D eigenvalue weighted by Gasteiger charge is 2.35. The molecule has 3 N–H and O–H groups in total. The lowest BCUT2D eigenvalue weighted by Crippen LogP contribution is -2.35. The number of benzene rings is 3. The predicted octanol–water partition coefficient (Wildman–Crippen LogP) is 4.39. The summed E-state index contributed by atoms with van der Waals surface area (Å²) in [5, 5.41) is 16.0. The van der Waals surface area contributed by atoms with Crippen LogP contribution in [-0.4, -0.2) is 45.1 Å². The Labute approximate surface area is 231 Å². The monoisotopic (exact) mass is 568 g/mol. The van der Waals surface area contributed by atoms with Gasteiger partial charge in [-0.1, -0.05) is 30.3 Å². The van der Waals surface area contributed by atoms with Crippen molar-refractivity contribution in [1.82, 2.24) is 4.98 Å². The number of ether oxygens (including phenoxy) is 3. The maximum atomic E-state index is 14.6. The zero-order chi connectivity index (χ0) is 28.3. The highest BCUT2D eigenvalue weighted by Crippen LogP contribution is 2.38. The van der Waals surface area contributed by atoms with Crippen LogP contribution in [0.25, 0.3) is 22.6 Å². The first-order valence-corrected chi connectivity index (χ1v) is 14.2. The molecule has 11 heteroatoms. The summed E-state index contributed by atoms with van der Waals surface area (Å²) in [6.45, 7) is 0.981. The highest BCUT2D eigenvalue weighted by atomic mass is 32.2. The minimum atomic E-state index is -3.86. The third-order valence-corrected chi connectivity index (χ3v) is 7.80. The molecular weight excluding hydrogens is 539 g/mol. The lowest BCUT2D eigenvalue weighted by Gasteiger charge is -2.36. The van der Waals surface area contributed by atoms with E-state index >= 15 is 0 Å². The normalized spacial score (nSPS) is 16.0. The first kappa shape index (κ1) is 27.9. The largest absolute Gasteiger partial charge is 0.464 e. The molecule has 2 heterocycles. The number of methoxy groups -OCH3 is 1. The highest BCUT2D eigenvalue weighted by molar-refractivity contribution is 7.89. The first-order valence-electron chi connectivity index (χ1n) is 12.6. The number of nitrogens with two attached hydrogens (primary N) is 1. The Bertz CT molecular complexity index is 1570. The number of oxazole rings is 1. The lowest BCUT2D eigenvalue weighted by molar-refractivity contribution is -0.0952. The lowest BCUT2D eigenvalue weighted by atomic mass is 9.86. The summed E-state index contributed by atoms with van der Waals surface area (Å²) in [7, 11) is -2.28. The van der Waals surface area contributed by atoms with Gasteiger partial charge in [0.15, 0.2) is 5.76 Å². The third kappa shape index (κ3) is 6.08. The fourth-order valence-electron chi connectivity index (χ4n) is 4.79. The number of aromatic nitrogens is 1. The molecule has 1 aliphatic rings. The van der Waals surface area contributed by atoms with E-state index in [1.807, 2.05) is 30.3 Å². The zero-order valence-corrected chi connectivity index (χ0v) is 22.6. The molecule has 0 bridgehead atoms. The SMILES string of the molecule is COC1(c2cc(F)cc(OC(O)Cc3nc(-c4ccccc4)c(-c4ccc(S(N)(=O)=O)cc4)o3)c2)CCOCC1. The minimum Gasteiger partial charge on any atom is -0.464 e. The van der Waals surface area contributed by atoms with Gasteiger partial charge < -0.3 is 23.7 Å². The summed E-state index contributed by atoms with van der Waals surface area (Å²) in [6.07, 6.45) is -0.407. The summed E-state index contributed by atoms with van der Waals surface area (Å²) in [6, 6.07) is 19.4. The molecule has 0 spiro atoms. The average molecular weight is 569 g/mol. The maximum Gasteiger partial charge on any atom is 0.238 e. The Kier molecular flexibility index (Phi) is 8.02. The van der Waals surface area contributed by atoms with Crippen LogP contribution >= 0.6 is 0 Å². The van der Waals surface area contributed by atoms with Gasteiger partial charge in [0.05, 0.1) is 16.9 Å². The molecule has 0 aliphatic carbocycles. The van der Waals surface area contributed by atoms with Crippen LogP contribution in [0.15, 0.2) is 82.1 Å². The van der Waals surface area contributed by atoms with Crippen LogP contribution in [0.1, 0.15) is 24.3 Å². The van der Waals surface area contributed by atoms with E-state index in [0.717, 1.165) is 5.56 Å². The van der Waals surface area contributed by atoms with Crippen molar-refractivity contribution >= 4 is 10.0 Å². The van der Waals surface area contributed by atoms with E-state index in [4.69, 9.17) is 23.8 Å². The Balaban J connectivity index is 1.41. The molecule has 1 atom stereocenters. The summed E-state index contributed by atoms with van der Waals surface area (Å²) >= 11 is 0. The van der Waals surface area contributed by atoms with Gasteiger partial charge in [-0.25, -0.2) is 22.9 Å². The number of rotatable bonds is 9. The van der Waals surface area contributed by atoms with E-state index in [-0.39, 0.29) is 23.0 Å². The Hall–Kier alpha value is -3.61. The fourth-order valence-corrected chi connectivity index (χ4v) is 5.30. The molecule has 1 fully saturated rings. The van der Waals surface area contributed by atoms with E-state index in [9.17, 15) is 17.9 Å². The van der Waals surface area contributed by atoms with Crippen LogP contribution in [0.2, 0.25) is 0 Å². The number of aliphatic hydroxyl groups excluding tert-OH is 1. The molecule has 210 valence electrons. The minimum absolute atomic E-state index is 0.0356. The second-order valence-electron chi connectivity index (χ2n) is 9.48. The standard InChI is InChI=1S/C29H29FN2O7S/c1-36-29(11-13-37-14-12-29)21-15-22(30)17-23(16-21)38-26(33)18-25-32-27(19-5-3-2-4-6-19)28(39-25)20-7-9-24(10-8-20)40(31,34)35/h2-10,15-17,26,33H,11-14,18H2,1H3,(H2,31,34,35). The van der Waals surface area contributed by atoms with Gasteiger partial charge >= 0.3 is 0 Å². The van der Waals surface area contributed by atoms with E-state index in [2.05, 4.69) is 4.98 Å². The molecule has 9 nitrogen and oxygen atoms in total. The molecule has 1 aromatic heterocycles. The van der Waals surface area contributed by atoms with E-state index in [0.29, 0.717) is 48.6 Å². The second-order valence-corrected chi connectivity index (χ2v) is 11.0. The average Bonchev–Trinajstić information content (AvgIpc) is 3.36. The van der Waals surface area contributed by atoms with Gasteiger partial charge in [0.25, 0.3) is 0 Å². The molecule has 0 saturated carbocycles. The van der Waals surface area contributed by atoms with Gasteiger partial charge in [0, 0.05) is 50.4 Å². The predicted molar refractivity (Wildman–Crippen MR) is 144 cm³/mol. The number of primary sulfonamides is 1. The maximum absolute atomic E-state index is 14.6. The molecule has 40 heavy (non-hydrogen) atoms. The van der Waals surface area contributed by atoms with Gasteiger partial charge in [0.1, 0.15) is 17.3 Å². The van der Waals surface area contributed by atoms with Crippen molar-refractivity contribution < 1.29 is 36.5 Å². The Morgan fingerprint density at radius 3 is 2.40 bits per heavy atom. The van der Waals surface area contributed by atoms with Crippen molar-refractivity contribution in [3.8, 4) is 28.3 Å². The Morgan fingerprint density at radius 1 is 1.05 bits per heavy atom. The fraction of sp³-hybridized carbons (Fsp3) is 0.276. The number of hydrogen-bond acceptors (Lipinski definition) is 8. The van der Waals surface area contributed by atoms with Crippen molar-refractivity contribution in [2.75, 3.05) is 20.3 Å². The van der Waals surface area contributed by atoms with Crippen molar-refractivity contribution in [3.05, 3.63) is 90.1 Å². The molecule has 1 saturated heterocycles. The summed E-state index contributed by atoms with van der Waals surface area (Å²) < 4.78 is 60.8. The first-order chi connectivity index (χ1) is 19.2. The van der Waals surface area contributed by atoms with Crippen LogP contribution in [0.3, 0.4) is 0 Å². The topological polar surface area (TPSA) is 134 Å². The van der Waals surface area contributed by atoms with Crippen LogP contribution < -0.4 is 9.88 Å². The second kappa shape index (κ2) is 11.5. The van der Waals surface area contributed by atoms with Crippen LogP contribution in [0, 0.1) is 5.82 Å². The zero-order valence-electron chi connectivity index (χ0n) is 21.7. The molecule has 1 unspecified atom stereocenters. The summed E-state index contributed by atoms with van der Waals surface area (Å²) in [5.74, 6) is 0.171. The van der Waals surface area contributed by atoms with Crippen molar-refractivity contribution in [1.29, 1.82) is 0 Å². The quantitative estimate of drug-likeness (QED) is 0.284. The Morgan fingerprint density at radius 2 is 1.75 bits per heavy atom. The van der Waals surface area contributed by atoms with E-state index < -0.39 is 27.7 Å². The molecule has 0 amide bonds. The van der Waals surface area contributed by atoms with Gasteiger partial charge in [-0.2, -0.15) is 0 Å². The van der Waals surface area contributed by atoms with Crippen LogP contribution in [0.5, 0.6) is 5.75 Å². The van der Waals surface area contributed by atoms with Gasteiger partial charge in [-0.3, -0.25) is 0 Å². The van der Waals surface area contributed by atoms with E-state index in [1.54, 1.807) is 25.3 Å². The smallest absolute Gasteiger partial charge is 0.238 e. The number of nitrogens with zero attached hydrogens (tertiary/aromatic N) is 1. The van der Waals surface area contributed by atoms with Crippen molar-refractivity contribution in [2.45, 2.75) is 36.0 Å². The number of aliphatic hydroxyl groups is 1. The molecule has 1 aliphatic heterocycles. The van der Waals surface area contributed by atoms with Crippen molar-refractivity contribution in [2.24, 2.45) is 5.14 Å². The van der Waals surface area contributed by atoms with Gasteiger partial charge in [0.2, 0.25) is 22.2 Å². The summed E-state index contributed by atoms with van der Waals surface area (Å²) in [4.78, 5) is 4.55.